The van der Waals surface area contributed by atoms with Crippen LogP contribution in [0.5, 0.6) is 0 Å². The zero-order chi connectivity index (χ0) is 18.7. The minimum absolute atomic E-state index is 0.0760. The molecule has 3 amide bonds. The number of carbonyl (C=O) groups excluding carboxylic acids is 3. The van der Waals surface area contributed by atoms with Gasteiger partial charge in [-0.1, -0.05) is 0 Å². The summed E-state index contributed by atoms with van der Waals surface area (Å²) in [6, 6.07) is 0.124. The molecule has 0 aromatic heterocycles. The zero-order valence-electron chi connectivity index (χ0n) is 15.9. The van der Waals surface area contributed by atoms with E-state index in [9.17, 15) is 14.4 Å². The molecule has 3 heterocycles. The molecule has 0 aromatic rings. The van der Waals surface area contributed by atoms with Gasteiger partial charge < -0.3 is 24.3 Å². The lowest BCUT2D eigenvalue weighted by molar-refractivity contribution is -0.137. The quantitative estimate of drug-likeness (QED) is 0.715. The molecule has 1 atom stereocenters. The van der Waals surface area contributed by atoms with Crippen LogP contribution in [0, 0.1) is 5.92 Å². The normalized spacial score (nSPS) is 25.7. The van der Waals surface area contributed by atoms with Gasteiger partial charge in [0.05, 0.1) is 12.5 Å². The predicted octanol–water partition coefficient (Wildman–Crippen LogP) is 0.230. The van der Waals surface area contributed by atoms with Crippen molar-refractivity contribution in [3.05, 3.63) is 0 Å². The highest BCUT2D eigenvalue weighted by Gasteiger charge is 2.41. The third-order valence-electron chi connectivity index (χ3n) is 5.75. The molecular formula is C18H30N4O4. The van der Waals surface area contributed by atoms with Crippen LogP contribution in [0.2, 0.25) is 0 Å². The number of hydrogen-bond donors (Lipinski definition) is 0. The van der Waals surface area contributed by atoms with Gasteiger partial charge in [0.25, 0.3) is 0 Å². The lowest BCUT2D eigenvalue weighted by atomic mass is 10.0. The summed E-state index contributed by atoms with van der Waals surface area (Å²) < 4.78 is 5.04. The summed E-state index contributed by atoms with van der Waals surface area (Å²) in [4.78, 5) is 44.7. The smallest absolute Gasteiger partial charge is 0.409 e. The average molecular weight is 366 g/mol. The van der Waals surface area contributed by atoms with Crippen molar-refractivity contribution in [1.29, 1.82) is 0 Å². The van der Waals surface area contributed by atoms with Gasteiger partial charge in [0.15, 0.2) is 0 Å². The SMILES string of the molecule is CCOC(=O)N1CCC(N2CC(C(=O)N3CCN(C)CC3)CC2=O)CC1. The number of amides is 3. The minimum atomic E-state index is -0.276. The van der Waals surface area contributed by atoms with Crippen LogP contribution in [0.4, 0.5) is 4.79 Å². The first-order chi connectivity index (χ1) is 12.5. The fourth-order valence-electron chi connectivity index (χ4n) is 4.11. The Kier molecular flexibility index (Phi) is 6.01. The van der Waals surface area contributed by atoms with E-state index < -0.39 is 0 Å². The lowest BCUT2D eigenvalue weighted by Gasteiger charge is -2.36. The predicted molar refractivity (Wildman–Crippen MR) is 95.5 cm³/mol. The first kappa shape index (κ1) is 18.9. The van der Waals surface area contributed by atoms with Crippen molar-refractivity contribution >= 4 is 17.9 Å². The van der Waals surface area contributed by atoms with E-state index in [1.54, 1.807) is 11.8 Å². The molecule has 3 aliphatic heterocycles. The molecule has 0 aliphatic carbocycles. The third kappa shape index (κ3) is 4.11. The third-order valence-corrected chi connectivity index (χ3v) is 5.75. The Balaban J connectivity index is 1.51. The number of ether oxygens (including phenoxy) is 1. The van der Waals surface area contributed by atoms with Gasteiger partial charge in [-0.2, -0.15) is 0 Å². The van der Waals surface area contributed by atoms with E-state index >= 15 is 0 Å². The van der Waals surface area contributed by atoms with Gasteiger partial charge in [0.1, 0.15) is 0 Å². The van der Waals surface area contributed by atoms with Crippen molar-refractivity contribution in [3.8, 4) is 0 Å². The second-order valence-electron chi connectivity index (χ2n) is 7.49. The molecule has 146 valence electrons. The molecule has 3 aliphatic rings. The van der Waals surface area contributed by atoms with Crippen LogP contribution < -0.4 is 0 Å². The Morgan fingerprint density at radius 3 is 2.31 bits per heavy atom. The Bertz CT molecular complexity index is 539. The van der Waals surface area contributed by atoms with Crippen LogP contribution in [-0.4, -0.2) is 103 Å². The summed E-state index contributed by atoms with van der Waals surface area (Å²) in [5.74, 6) is -0.0148. The van der Waals surface area contributed by atoms with E-state index in [-0.39, 0.29) is 29.9 Å². The van der Waals surface area contributed by atoms with Crippen molar-refractivity contribution < 1.29 is 19.1 Å². The van der Waals surface area contributed by atoms with E-state index in [1.165, 1.54) is 0 Å². The maximum absolute atomic E-state index is 12.8. The number of likely N-dealkylation sites (tertiary alicyclic amines) is 2. The average Bonchev–Trinajstić information content (AvgIpc) is 3.04. The summed E-state index contributed by atoms with van der Waals surface area (Å²) in [5.41, 5.74) is 0. The summed E-state index contributed by atoms with van der Waals surface area (Å²) >= 11 is 0. The molecule has 0 spiro atoms. The summed E-state index contributed by atoms with van der Waals surface area (Å²) in [6.07, 6.45) is 1.55. The van der Waals surface area contributed by atoms with Crippen molar-refractivity contribution in [2.24, 2.45) is 5.92 Å². The maximum Gasteiger partial charge on any atom is 0.409 e. The van der Waals surface area contributed by atoms with E-state index in [0.29, 0.717) is 32.7 Å². The van der Waals surface area contributed by atoms with Crippen LogP contribution in [0.15, 0.2) is 0 Å². The standard InChI is InChI=1S/C18H30N4O4/c1-3-26-18(25)21-6-4-15(5-7-21)22-13-14(12-16(22)23)17(24)20-10-8-19(2)9-11-20/h14-15H,3-13H2,1-2H3. The van der Waals surface area contributed by atoms with Crippen molar-refractivity contribution in [1.82, 2.24) is 19.6 Å². The highest BCUT2D eigenvalue weighted by atomic mass is 16.6. The maximum atomic E-state index is 12.8. The molecule has 0 radical (unpaired) electrons. The molecule has 1 unspecified atom stereocenters. The second kappa shape index (κ2) is 8.24. The van der Waals surface area contributed by atoms with Crippen LogP contribution in [0.1, 0.15) is 26.2 Å². The van der Waals surface area contributed by atoms with E-state index in [0.717, 1.165) is 39.0 Å². The highest BCUT2D eigenvalue weighted by molar-refractivity contribution is 5.89. The lowest BCUT2D eigenvalue weighted by Crippen LogP contribution is -2.50. The Morgan fingerprint density at radius 2 is 1.69 bits per heavy atom. The van der Waals surface area contributed by atoms with Crippen molar-refractivity contribution in [3.63, 3.8) is 0 Å². The molecule has 3 rings (SSSR count). The molecular weight excluding hydrogens is 336 g/mol. The number of piperidine rings is 1. The number of rotatable bonds is 3. The summed E-state index contributed by atoms with van der Waals surface area (Å²) in [7, 11) is 2.06. The Hall–Kier alpha value is -1.83. The first-order valence-electron chi connectivity index (χ1n) is 9.68. The molecule has 3 saturated heterocycles. The highest BCUT2D eigenvalue weighted by Crippen LogP contribution is 2.27. The van der Waals surface area contributed by atoms with Crippen LogP contribution in [0.3, 0.4) is 0 Å². The Labute approximate surface area is 155 Å². The monoisotopic (exact) mass is 366 g/mol. The van der Waals surface area contributed by atoms with Crippen LogP contribution >= 0.6 is 0 Å². The fourth-order valence-corrected chi connectivity index (χ4v) is 4.11. The van der Waals surface area contributed by atoms with E-state index in [4.69, 9.17) is 4.74 Å². The van der Waals surface area contributed by atoms with E-state index in [2.05, 4.69) is 11.9 Å². The summed E-state index contributed by atoms with van der Waals surface area (Å²) in [5, 5.41) is 0. The van der Waals surface area contributed by atoms with Crippen LogP contribution in [-0.2, 0) is 14.3 Å². The molecule has 26 heavy (non-hydrogen) atoms. The molecule has 0 N–H and O–H groups in total. The van der Waals surface area contributed by atoms with Gasteiger partial charge in [-0.15, -0.1) is 0 Å². The van der Waals surface area contributed by atoms with Gasteiger partial charge in [-0.25, -0.2) is 4.79 Å². The number of likely N-dealkylation sites (N-methyl/N-ethyl adjacent to an activating group) is 1. The molecule has 0 aromatic carbocycles. The Morgan fingerprint density at radius 1 is 1.04 bits per heavy atom. The van der Waals surface area contributed by atoms with Crippen LogP contribution in [0.25, 0.3) is 0 Å². The number of carbonyl (C=O) groups is 3. The number of piperazine rings is 1. The molecule has 0 saturated carbocycles. The van der Waals surface area contributed by atoms with Gasteiger partial charge in [-0.05, 0) is 26.8 Å². The van der Waals surface area contributed by atoms with Crippen molar-refractivity contribution in [2.75, 3.05) is 59.5 Å². The zero-order valence-corrected chi connectivity index (χ0v) is 15.9. The topological polar surface area (TPSA) is 73.4 Å². The summed E-state index contributed by atoms with van der Waals surface area (Å²) in [6.45, 7) is 7.17. The number of nitrogens with zero attached hydrogens (tertiary/aromatic N) is 4. The molecule has 3 fully saturated rings. The fraction of sp³-hybridized carbons (Fsp3) is 0.833. The van der Waals surface area contributed by atoms with Gasteiger partial charge in [0.2, 0.25) is 11.8 Å². The van der Waals surface area contributed by atoms with Gasteiger partial charge in [-0.3, -0.25) is 9.59 Å². The largest absolute Gasteiger partial charge is 0.450 e. The molecule has 0 bridgehead atoms. The second-order valence-corrected chi connectivity index (χ2v) is 7.49. The molecule has 8 heteroatoms. The first-order valence-corrected chi connectivity index (χ1v) is 9.68. The van der Waals surface area contributed by atoms with Crippen molar-refractivity contribution in [2.45, 2.75) is 32.2 Å². The minimum Gasteiger partial charge on any atom is -0.450 e. The van der Waals surface area contributed by atoms with E-state index in [1.807, 2.05) is 9.80 Å². The van der Waals surface area contributed by atoms with Gasteiger partial charge >= 0.3 is 6.09 Å². The molecule has 8 nitrogen and oxygen atoms in total. The van der Waals surface area contributed by atoms with Gasteiger partial charge in [0, 0.05) is 58.3 Å². The number of hydrogen-bond acceptors (Lipinski definition) is 5.